The summed E-state index contributed by atoms with van der Waals surface area (Å²) in [6.45, 7) is 1.45. The number of anilines is 1. The van der Waals surface area contributed by atoms with E-state index < -0.39 is 23.8 Å². The zero-order chi connectivity index (χ0) is 18.5. The first-order valence-electron chi connectivity index (χ1n) is 8.14. The highest BCUT2D eigenvalue weighted by Crippen LogP contribution is 2.45. The number of thioether (sulfide) groups is 2. The number of para-hydroxylation sites is 1. The molecule has 0 bridgehead atoms. The van der Waals surface area contributed by atoms with Crippen LogP contribution in [0.15, 0.2) is 48.5 Å². The van der Waals surface area contributed by atoms with Crippen LogP contribution in [0.1, 0.15) is 27.4 Å². The van der Waals surface area contributed by atoms with Crippen molar-refractivity contribution in [3.63, 3.8) is 0 Å². The van der Waals surface area contributed by atoms with Gasteiger partial charge in [0.25, 0.3) is 5.91 Å². The lowest BCUT2D eigenvalue weighted by molar-refractivity contribution is -0.123. The first kappa shape index (κ1) is 18.8. The van der Waals surface area contributed by atoms with Crippen LogP contribution < -0.4 is 5.32 Å². The highest BCUT2D eigenvalue weighted by molar-refractivity contribution is 8.19. The fourth-order valence-electron chi connectivity index (χ4n) is 2.41. The van der Waals surface area contributed by atoms with Gasteiger partial charge in [0, 0.05) is 11.5 Å². The van der Waals surface area contributed by atoms with Crippen LogP contribution in [0.3, 0.4) is 0 Å². The molecule has 0 unspecified atom stereocenters. The molecule has 26 heavy (non-hydrogen) atoms. The van der Waals surface area contributed by atoms with Crippen molar-refractivity contribution in [2.75, 3.05) is 16.8 Å². The van der Waals surface area contributed by atoms with Crippen molar-refractivity contribution >= 4 is 41.1 Å². The number of amides is 1. The molecule has 0 saturated carbocycles. The normalized spacial score (nSPS) is 15.5. The molecule has 1 aliphatic heterocycles. The lowest BCUT2D eigenvalue weighted by atomic mass is 10.1. The maximum atomic E-state index is 13.6. The van der Waals surface area contributed by atoms with Crippen molar-refractivity contribution < 1.29 is 18.7 Å². The highest BCUT2D eigenvalue weighted by atomic mass is 32.2. The maximum Gasteiger partial charge on any atom is 0.338 e. The Bertz CT molecular complexity index is 792. The molecule has 1 fully saturated rings. The van der Waals surface area contributed by atoms with E-state index in [1.807, 2.05) is 35.7 Å². The van der Waals surface area contributed by atoms with Gasteiger partial charge >= 0.3 is 5.97 Å². The first-order chi connectivity index (χ1) is 12.5. The molecule has 0 radical (unpaired) electrons. The van der Waals surface area contributed by atoms with E-state index in [1.54, 1.807) is 18.2 Å². The Kier molecular flexibility index (Phi) is 6.21. The monoisotopic (exact) mass is 391 g/mol. The smallest absolute Gasteiger partial charge is 0.338 e. The van der Waals surface area contributed by atoms with Gasteiger partial charge in [0.15, 0.2) is 6.10 Å². The Labute approximate surface area is 159 Å². The summed E-state index contributed by atoms with van der Waals surface area (Å²) in [5.41, 5.74) is 1.60. The molecule has 1 N–H and O–H groups in total. The largest absolute Gasteiger partial charge is 0.449 e. The van der Waals surface area contributed by atoms with Gasteiger partial charge in [-0.15, -0.1) is 23.5 Å². The lowest BCUT2D eigenvalue weighted by Gasteiger charge is -2.14. The Morgan fingerprint density at radius 1 is 1.12 bits per heavy atom. The van der Waals surface area contributed by atoms with Crippen molar-refractivity contribution in [2.45, 2.75) is 17.6 Å². The minimum Gasteiger partial charge on any atom is -0.449 e. The molecule has 4 nitrogen and oxygen atoms in total. The van der Waals surface area contributed by atoms with Gasteiger partial charge in [-0.3, -0.25) is 4.79 Å². The number of rotatable bonds is 5. The summed E-state index contributed by atoms with van der Waals surface area (Å²) < 4.78 is 19.2. The van der Waals surface area contributed by atoms with Crippen molar-refractivity contribution in [2.24, 2.45) is 0 Å². The lowest BCUT2D eigenvalue weighted by Crippen LogP contribution is -2.30. The molecule has 2 aromatic carbocycles. The van der Waals surface area contributed by atoms with E-state index in [1.165, 1.54) is 30.7 Å². The van der Waals surface area contributed by atoms with Crippen LogP contribution in [0.5, 0.6) is 0 Å². The number of carbonyl (C=O) groups excluding carboxylic acids is 2. The molecule has 0 spiro atoms. The molecule has 1 saturated heterocycles. The van der Waals surface area contributed by atoms with E-state index in [9.17, 15) is 14.0 Å². The predicted molar refractivity (Wildman–Crippen MR) is 104 cm³/mol. The number of carbonyl (C=O) groups is 2. The van der Waals surface area contributed by atoms with Gasteiger partial charge in [0.2, 0.25) is 0 Å². The van der Waals surface area contributed by atoms with Crippen LogP contribution in [0.25, 0.3) is 0 Å². The molecule has 3 rings (SSSR count). The first-order valence-corrected chi connectivity index (χ1v) is 10.2. The summed E-state index contributed by atoms with van der Waals surface area (Å²) in [5, 5.41) is 2.42. The third kappa shape index (κ3) is 4.59. The van der Waals surface area contributed by atoms with Crippen LogP contribution in [0, 0.1) is 5.82 Å². The number of hydrogen-bond acceptors (Lipinski definition) is 5. The standard InChI is InChI=1S/C19H18FNO3S2/c1-12(17(22)21-16-5-3-2-4-15(16)20)24-18(23)13-6-8-14(9-7-13)19-25-10-11-26-19/h2-9,12,19H,10-11H2,1H3,(H,21,22)/t12-/m1/s1. The van der Waals surface area contributed by atoms with Gasteiger partial charge in [-0.05, 0) is 36.8 Å². The number of esters is 1. The van der Waals surface area contributed by atoms with E-state index in [0.717, 1.165) is 11.5 Å². The van der Waals surface area contributed by atoms with Crippen LogP contribution >= 0.6 is 23.5 Å². The van der Waals surface area contributed by atoms with Crippen molar-refractivity contribution in [1.29, 1.82) is 0 Å². The third-order valence-electron chi connectivity index (χ3n) is 3.83. The summed E-state index contributed by atoms with van der Waals surface area (Å²) in [5.74, 6) is 0.553. The van der Waals surface area contributed by atoms with Gasteiger partial charge in [0.1, 0.15) is 5.82 Å². The fourth-order valence-corrected chi connectivity index (χ4v) is 5.27. The number of halogens is 1. The number of nitrogens with one attached hydrogen (secondary N) is 1. The van der Waals surface area contributed by atoms with Gasteiger partial charge in [-0.25, -0.2) is 9.18 Å². The molecule has 136 valence electrons. The SMILES string of the molecule is C[C@@H](OC(=O)c1ccc(C2SCCS2)cc1)C(=O)Nc1ccccc1F. The minimum absolute atomic E-state index is 0.0521. The number of benzene rings is 2. The third-order valence-corrected chi connectivity index (χ3v) is 6.93. The summed E-state index contributed by atoms with van der Waals surface area (Å²) in [4.78, 5) is 24.3. The zero-order valence-electron chi connectivity index (χ0n) is 14.1. The van der Waals surface area contributed by atoms with Crippen LogP contribution in [0.4, 0.5) is 10.1 Å². The Morgan fingerprint density at radius 2 is 1.77 bits per heavy atom. The quantitative estimate of drug-likeness (QED) is 0.761. The molecular formula is C19H18FNO3S2. The van der Waals surface area contributed by atoms with Gasteiger partial charge in [0.05, 0.1) is 15.8 Å². The Morgan fingerprint density at radius 3 is 2.42 bits per heavy atom. The van der Waals surface area contributed by atoms with E-state index in [-0.39, 0.29) is 5.69 Å². The van der Waals surface area contributed by atoms with Crippen LogP contribution in [-0.4, -0.2) is 29.5 Å². The van der Waals surface area contributed by atoms with E-state index in [2.05, 4.69) is 5.32 Å². The summed E-state index contributed by atoms with van der Waals surface area (Å²) >= 11 is 3.78. The molecular weight excluding hydrogens is 373 g/mol. The molecule has 2 aromatic rings. The molecule has 1 heterocycles. The van der Waals surface area contributed by atoms with Crippen LogP contribution in [-0.2, 0) is 9.53 Å². The summed E-state index contributed by atoms with van der Waals surface area (Å²) in [7, 11) is 0. The average Bonchev–Trinajstić information content (AvgIpc) is 3.18. The number of ether oxygens (including phenoxy) is 1. The topological polar surface area (TPSA) is 55.4 Å². The molecule has 7 heteroatoms. The molecule has 0 aliphatic carbocycles. The van der Waals surface area contributed by atoms with Crippen molar-refractivity contribution in [1.82, 2.24) is 0 Å². The predicted octanol–water partition coefficient (Wildman–Crippen LogP) is 4.49. The van der Waals surface area contributed by atoms with Gasteiger partial charge < -0.3 is 10.1 Å². The van der Waals surface area contributed by atoms with E-state index in [4.69, 9.17) is 4.74 Å². The maximum absolute atomic E-state index is 13.6. The van der Waals surface area contributed by atoms with E-state index >= 15 is 0 Å². The number of hydrogen-bond donors (Lipinski definition) is 1. The second kappa shape index (κ2) is 8.60. The summed E-state index contributed by atoms with van der Waals surface area (Å²) in [6.07, 6.45) is -1.04. The van der Waals surface area contributed by atoms with Crippen LogP contribution in [0.2, 0.25) is 0 Å². The second-order valence-corrected chi connectivity index (χ2v) is 8.44. The van der Waals surface area contributed by atoms with Gasteiger partial charge in [-0.1, -0.05) is 24.3 Å². The Balaban J connectivity index is 1.58. The summed E-state index contributed by atoms with van der Waals surface area (Å²) in [6, 6.07) is 13.1. The molecule has 1 atom stereocenters. The second-order valence-electron chi connectivity index (χ2n) is 5.71. The Hall–Kier alpha value is -1.99. The molecule has 1 amide bonds. The van der Waals surface area contributed by atoms with E-state index in [0.29, 0.717) is 10.1 Å². The average molecular weight is 391 g/mol. The zero-order valence-corrected chi connectivity index (χ0v) is 15.7. The van der Waals surface area contributed by atoms with Crippen molar-refractivity contribution in [3.8, 4) is 0 Å². The van der Waals surface area contributed by atoms with Gasteiger partial charge in [-0.2, -0.15) is 0 Å². The molecule has 1 aliphatic rings. The fraction of sp³-hybridized carbons (Fsp3) is 0.263. The minimum atomic E-state index is -1.04. The highest BCUT2D eigenvalue weighted by Gasteiger charge is 2.21. The molecule has 0 aromatic heterocycles. The van der Waals surface area contributed by atoms with Crippen molar-refractivity contribution in [3.05, 3.63) is 65.5 Å².